The van der Waals surface area contributed by atoms with E-state index < -0.39 is 0 Å². The Labute approximate surface area is 126 Å². The van der Waals surface area contributed by atoms with Crippen molar-refractivity contribution in [1.82, 2.24) is 15.0 Å². The fourth-order valence-corrected chi connectivity index (χ4v) is 1.72. The molecule has 0 unspecified atom stereocenters. The number of anilines is 2. The van der Waals surface area contributed by atoms with Crippen LogP contribution in [-0.4, -0.2) is 46.4 Å². The van der Waals surface area contributed by atoms with Gasteiger partial charge in [-0.05, 0) is 26.2 Å². The standard InChI is InChI=1S/C14H27N5O2/c1-3-11-21-14-18-12(15-4-2)17-13(19-14)16-9-7-5-6-8-10-20/h20H,3-11H2,1-2H3,(H2,15,16,17,18,19). The molecule has 7 heteroatoms. The lowest BCUT2D eigenvalue weighted by atomic mass is 10.2. The Hall–Kier alpha value is -1.63. The first-order chi connectivity index (χ1) is 10.3. The van der Waals surface area contributed by atoms with Gasteiger partial charge in [-0.1, -0.05) is 19.8 Å². The molecular formula is C14H27N5O2. The topological polar surface area (TPSA) is 92.2 Å². The van der Waals surface area contributed by atoms with Gasteiger partial charge < -0.3 is 20.5 Å². The average molecular weight is 297 g/mol. The molecule has 0 bridgehead atoms. The molecule has 0 atom stereocenters. The Balaban J connectivity index is 2.48. The van der Waals surface area contributed by atoms with Crippen LogP contribution in [0.2, 0.25) is 0 Å². The molecular weight excluding hydrogens is 270 g/mol. The molecule has 1 aromatic rings. The van der Waals surface area contributed by atoms with Crippen molar-refractivity contribution < 1.29 is 9.84 Å². The van der Waals surface area contributed by atoms with Crippen LogP contribution >= 0.6 is 0 Å². The van der Waals surface area contributed by atoms with Crippen molar-refractivity contribution in [2.75, 3.05) is 36.9 Å². The third-order valence-electron chi connectivity index (χ3n) is 2.75. The lowest BCUT2D eigenvalue weighted by molar-refractivity contribution is 0.283. The van der Waals surface area contributed by atoms with Gasteiger partial charge in [-0.25, -0.2) is 0 Å². The van der Waals surface area contributed by atoms with Crippen molar-refractivity contribution in [2.45, 2.75) is 46.0 Å². The number of aliphatic hydroxyl groups is 1. The highest BCUT2D eigenvalue weighted by molar-refractivity contribution is 5.35. The highest BCUT2D eigenvalue weighted by Gasteiger charge is 2.06. The Morgan fingerprint density at radius 3 is 2.33 bits per heavy atom. The molecule has 1 rings (SSSR count). The molecule has 0 aliphatic rings. The van der Waals surface area contributed by atoms with Crippen molar-refractivity contribution in [3.05, 3.63) is 0 Å². The second-order valence-electron chi connectivity index (χ2n) is 4.71. The second kappa shape index (κ2) is 11.1. The maximum atomic E-state index is 8.72. The van der Waals surface area contributed by atoms with Gasteiger partial charge in [-0.15, -0.1) is 0 Å². The summed E-state index contributed by atoms with van der Waals surface area (Å²) in [7, 11) is 0. The highest BCUT2D eigenvalue weighted by atomic mass is 16.5. The van der Waals surface area contributed by atoms with Gasteiger partial charge in [0.05, 0.1) is 6.61 Å². The van der Waals surface area contributed by atoms with E-state index in [0.29, 0.717) is 24.5 Å². The van der Waals surface area contributed by atoms with E-state index >= 15 is 0 Å². The summed E-state index contributed by atoms with van der Waals surface area (Å²) in [5, 5.41) is 15.0. The number of hydrogen-bond donors (Lipinski definition) is 3. The number of hydrogen-bond acceptors (Lipinski definition) is 7. The van der Waals surface area contributed by atoms with Gasteiger partial charge in [0.2, 0.25) is 11.9 Å². The molecule has 7 nitrogen and oxygen atoms in total. The lowest BCUT2D eigenvalue weighted by Crippen LogP contribution is -2.12. The molecule has 0 fully saturated rings. The van der Waals surface area contributed by atoms with E-state index in [1.807, 2.05) is 13.8 Å². The molecule has 0 aromatic carbocycles. The van der Waals surface area contributed by atoms with Crippen LogP contribution in [0, 0.1) is 0 Å². The summed E-state index contributed by atoms with van der Waals surface area (Å²) in [6.07, 6.45) is 4.93. The molecule has 1 aromatic heterocycles. The number of ether oxygens (including phenoxy) is 1. The van der Waals surface area contributed by atoms with Crippen LogP contribution in [0.1, 0.15) is 46.0 Å². The molecule has 0 saturated heterocycles. The van der Waals surface area contributed by atoms with Gasteiger partial charge in [-0.3, -0.25) is 0 Å². The zero-order chi connectivity index (χ0) is 15.3. The average Bonchev–Trinajstić information content (AvgIpc) is 2.49. The monoisotopic (exact) mass is 297 g/mol. The van der Waals surface area contributed by atoms with Crippen LogP contribution in [-0.2, 0) is 0 Å². The largest absolute Gasteiger partial charge is 0.463 e. The zero-order valence-corrected chi connectivity index (χ0v) is 13.1. The summed E-state index contributed by atoms with van der Waals surface area (Å²) in [5.41, 5.74) is 0. The smallest absolute Gasteiger partial charge is 0.323 e. The van der Waals surface area contributed by atoms with Gasteiger partial charge in [0.1, 0.15) is 0 Å². The van der Waals surface area contributed by atoms with E-state index in [4.69, 9.17) is 9.84 Å². The number of rotatable bonds is 12. The molecule has 120 valence electrons. The van der Waals surface area contributed by atoms with Gasteiger partial charge in [0, 0.05) is 19.7 Å². The summed E-state index contributed by atoms with van der Waals surface area (Å²) >= 11 is 0. The molecule has 0 amide bonds. The minimum Gasteiger partial charge on any atom is -0.463 e. The SMILES string of the molecule is CCCOc1nc(NCC)nc(NCCCCCCO)n1. The summed E-state index contributed by atoms with van der Waals surface area (Å²) in [4.78, 5) is 12.8. The third kappa shape index (κ3) is 7.65. The Morgan fingerprint density at radius 1 is 0.952 bits per heavy atom. The molecule has 0 saturated carbocycles. The van der Waals surface area contributed by atoms with E-state index in [0.717, 1.165) is 45.2 Å². The molecule has 3 N–H and O–H groups in total. The quantitative estimate of drug-likeness (QED) is 0.508. The molecule has 0 radical (unpaired) electrons. The first kappa shape index (κ1) is 17.4. The van der Waals surface area contributed by atoms with Gasteiger partial charge in [-0.2, -0.15) is 15.0 Å². The first-order valence-corrected chi connectivity index (χ1v) is 7.77. The van der Waals surface area contributed by atoms with Crippen LogP contribution in [0.15, 0.2) is 0 Å². The third-order valence-corrected chi connectivity index (χ3v) is 2.75. The van der Waals surface area contributed by atoms with Crippen molar-refractivity contribution in [2.24, 2.45) is 0 Å². The minimum atomic E-state index is 0.269. The molecule has 0 aliphatic carbocycles. The van der Waals surface area contributed by atoms with Crippen LogP contribution in [0.4, 0.5) is 11.9 Å². The van der Waals surface area contributed by atoms with Gasteiger partial charge in [0.15, 0.2) is 0 Å². The highest BCUT2D eigenvalue weighted by Crippen LogP contribution is 2.11. The van der Waals surface area contributed by atoms with Gasteiger partial charge in [0.25, 0.3) is 0 Å². The molecule has 0 aliphatic heterocycles. The van der Waals surface area contributed by atoms with Crippen LogP contribution in [0.3, 0.4) is 0 Å². The second-order valence-corrected chi connectivity index (χ2v) is 4.71. The fraction of sp³-hybridized carbons (Fsp3) is 0.786. The van der Waals surface area contributed by atoms with Crippen molar-refractivity contribution in [3.63, 3.8) is 0 Å². The van der Waals surface area contributed by atoms with E-state index in [-0.39, 0.29) is 6.61 Å². The molecule has 0 spiro atoms. The predicted octanol–water partition coefficient (Wildman–Crippen LogP) is 2.06. The van der Waals surface area contributed by atoms with Crippen LogP contribution < -0.4 is 15.4 Å². The molecule has 1 heterocycles. The maximum absolute atomic E-state index is 8.72. The number of nitrogens with one attached hydrogen (secondary N) is 2. The Bertz CT molecular complexity index is 390. The van der Waals surface area contributed by atoms with E-state index in [9.17, 15) is 0 Å². The Kier molecular flexibility index (Phi) is 9.19. The van der Waals surface area contributed by atoms with E-state index in [1.54, 1.807) is 0 Å². The lowest BCUT2D eigenvalue weighted by Gasteiger charge is -2.09. The predicted molar refractivity (Wildman–Crippen MR) is 83.8 cm³/mol. The maximum Gasteiger partial charge on any atom is 0.323 e. The van der Waals surface area contributed by atoms with Crippen molar-refractivity contribution in [3.8, 4) is 6.01 Å². The van der Waals surface area contributed by atoms with Crippen LogP contribution in [0.5, 0.6) is 6.01 Å². The van der Waals surface area contributed by atoms with Crippen molar-refractivity contribution >= 4 is 11.9 Å². The summed E-state index contributed by atoms with van der Waals surface area (Å²) in [6, 6.07) is 0.352. The minimum absolute atomic E-state index is 0.269. The summed E-state index contributed by atoms with van der Waals surface area (Å²) in [5.74, 6) is 1.07. The van der Waals surface area contributed by atoms with Gasteiger partial charge >= 0.3 is 6.01 Å². The normalized spacial score (nSPS) is 10.4. The van der Waals surface area contributed by atoms with Crippen LogP contribution in [0.25, 0.3) is 0 Å². The number of unbranched alkanes of at least 4 members (excludes halogenated alkanes) is 3. The van der Waals surface area contributed by atoms with Crippen molar-refractivity contribution in [1.29, 1.82) is 0 Å². The molecule has 21 heavy (non-hydrogen) atoms. The fourth-order valence-electron chi connectivity index (χ4n) is 1.72. The summed E-state index contributed by atoms with van der Waals surface area (Å²) < 4.78 is 5.47. The van der Waals surface area contributed by atoms with E-state index in [1.165, 1.54) is 0 Å². The zero-order valence-electron chi connectivity index (χ0n) is 13.1. The van der Waals surface area contributed by atoms with E-state index in [2.05, 4.69) is 25.6 Å². The number of nitrogens with zero attached hydrogens (tertiary/aromatic N) is 3. The number of aliphatic hydroxyl groups excluding tert-OH is 1. The Morgan fingerprint density at radius 2 is 1.67 bits per heavy atom. The first-order valence-electron chi connectivity index (χ1n) is 7.77. The summed E-state index contributed by atoms with van der Waals surface area (Å²) in [6.45, 7) is 6.44. The number of aromatic nitrogens is 3.